The van der Waals surface area contributed by atoms with Crippen LogP contribution in [0.4, 0.5) is 19.1 Å². The van der Waals surface area contributed by atoms with Gasteiger partial charge in [-0.3, -0.25) is 4.79 Å². The zero-order valence-corrected chi connectivity index (χ0v) is 12.4. The first-order chi connectivity index (χ1) is 10.3. The molecule has 5 nitrogen and oxygen atoms in total. The van der Waals surface area contributed by atoms with Gasteiger partial charge in [-0.05, 0) is 32.3 Å². The molecule has 0 radical (unpaired) electrons. The molecule has 1 N–H and O–H groups in total. The molecule has 1 amide bonds. The number of aryl methyl sites for hydroxylation is 1. The highest BCUT2D eigenvalue weighted by molar-refractivity contribution is 5.76. The highest BCUT2D eigenvalue weighted by Gasteiger charge is 2.31. The predicted octanol–water partition coefficient (Wildman–Crippen LogP) is 2.34. The third kappa shape index (κ3) is 5.16. The zero-order valence-electron chi connectivity index (χ0n) is 12.4. The number of carbonyl (C=O) groups excluding carboxylic acids is 1. The quantitative estimate of drug-likeness (QED) is 0.926. The Morgan fingerprint density at radius 3 is 2.59 bits per heavy atom. The second-order valence-corrected chi connectivity index (χ2v) is 5.42. The van der Waals surface area contributed by atoms with Crippen LogP contribution in [0, 0.1) is 6.92 Å². The fraction of sp³-hybridized carbons (Fsp3) is 0.643. The van der Waals surface area contributed by atoms with E-state index >= 15 is 0 Å². The van der Waals surface area contributed by atoms with E-state index in [1.807, 2.05) is 0 Å². The van der Waals surface area contributed by atoms with E-state index in [9.17, 15) is 18.0 Å². The fourth-order valence-electron chi connectivity index (χ4n) is 2.38. The number of alkyl halides is 3. The van der Waals surface area contributed by atoms with E-state index in [1.165, 1.54) is 6.42 Å². The van der Waals surface area contributed by atoms with E-state index in [1.54, 1.807) is 13.0 Å². The number of nitrogens with zero attached hydrogens (tertiary/aromatic N) is 3. The largest absolute Gasteiger partial charge is 0.397 e. The molecule has 0 bridgehead atoms. The molecular formula is C14H19F3N4O. The minimum absolute atomic E-state index is 0.0287. The first kappa shape index (κ1) is 16.5. The van der Waals surface area contributed by atoms with E-state index in [4.69, 9.17) is 0 Å². The topological polar surface area (TPSA) is 58.1 Å². The van der Waals surface area contributed by atoms with Crippen molar-refractivity contribution in [2.45, 2.75) is 45.3 Å². The Bertz CT molecular complexity index is 527. The Labute approximate surface area is 126 Å². The summed E-state index contributed by atoms with van der Waals surface area (Å²) in [5, 5.41) is 2.25. The normalized spacial score (nSPS) is 15.7. The van der Waals surface area contributed by atoms with E-state index < -0.39 is 18.5 Å². The Hall–Kier alpha value is -1.86. The van der Waals surface area contributed by atoms with Crippen molar-refractivity contribution in [2.75, 3.05) is 18.0 Å². The molecule has 22 heavy (non-hydrogen) atoms. The van der Waals surface area contributed by atoms with Crippen LogP contribution in [0.25, 0.3) is 0 Å². The van der Waals surface area contributed by atoms with Crippen molar-refractivity contribution < 1.29 is 18.0 Å². The van der Waals surface area contributed by atoms with Gasteiger partial charge in [0.2, 0.25) is 11.9 Å². The average molecular weight is 316 g/mol. The fourth-order valence-corrected chi connectivity index (χ4v) is 2.38. The lowest BCUT2D eigenvalue weighted by atomic mass is 10.1. The summed E-state index contributed by atoms with van der Waals surface area (Å²) >= 11 is 0. The monoisotopic (exact) mass is 316 g/mol. The van der Waals surface area contributed by atoms with Gasteiger partial charge < -0.3 is 10.2 Å². The highest BCUT2D eigenvalue weighted by Crippen LogP contribution is 2.19. The van der Waals surface area contributed by atoms with Gasteiger partial charge in [0.25, 0.3) is 0 Å². The van der Waals surface area contributed by atoms with Gasteiger partial charge in [-0.25, -0.2) is 9.97 Å². The van der Waals surface area contributed by atoms with Crippen molar-refractivity contribution in [3.63, 3.8) is 0 Å². The molecule has 122 valence electrons. The number of hydrogen-bond donors (Lipinski definition) is 1. The SMILES string of the molecule is Cc1cc(CNC(=O)CC(F)(F)F)nc(N2CCCCC2)n1. The molecule has 1 aliphatic heterocycles. The highest BCUT2D eigenvalue weighted by atomic mass is 19.4. The van der Waals surface area contributed by atoms with E-state index in [0.29, 0.717) is 11.6 Å². The van der Waals surface area contributed by atoms with Crippen LogP contribution in [-0.4, -0.2) is 35.1 Å². The summed E-state index contributed by atoms with van der Waals surface area (Å²) in [6.45, 7) is 3.53. The summed E-state index contributed by atoms with van der Waals surface area (Å²) in [5.74, 6) is -0.469. The van der Waals surface area contributed by atoms with Crippen LogP contribution < -0.4 is 10.2 Å². The number of halogens is 3. The van der Waals surface area contributed by atoms with Crippen molar-refractivity contribution in [3.05, 3.63) is 17.5 Å². The van der Waals surface area contributed by atoms with Crippen LogP contribution in [0.1, 0.15) is 37.1 Å². The number of rotatable bonds is 4. The molecule has 0 spiro atoms. The summed E-state index contributed by atoms with van der Waals surface area (Å²) in [7, 11) is 0. The molecule has 0 aliphatic carbocycles. The van der Waals surface area contributed by atoms with Crippen LogP contribution in [0.5, 0.6) is 0 Å². The van der Waals surface area contributed by atoms with Gasteiger partial charge in [0, 0.05) is 18.8 Å². The van der Waals surface area contributed by atoms with Gasteiger partial charge in [-0.15, -0.1) is 0 Å². The van der Waals surface area contributed by atoms with Gasteiger partial charge in [-0.1, -0.05) is 0 Å². The Morgan fingerprint density at radius 1 is 1.27 bits per heavy atom. The summed E-state index contributed by atoms with van der Waals surface area (Å²) in [6.07, 6.45) is -2.63. The third-order valence-corrected chi connectivity index (χ3v) is 3.36. The minimum Gasteiger partial charge on any atom is -0.350 e. The van der Waals surface area contributed by atoms with Crippen molar-refractivity contribution in [2.24, 2.45) is 0 Å². The standard InChI is InChI=1S/C14H19F3N4O/c1-10-7-11(9-18-12(22)8-14(15,16)17)20-13(19-10)21-5-3-2-4-6-21/h7H,2-6,8-9H2,1H3,(H,18,22). The molecule has 1 saturated heterocycles. The number of hydrogen-bond acceptors (Lipinski definition) is 4. The molecule has 1 aliphatic rings. The Balaban J connectivity index is 1.99. The van der Waals surface area contributed by atoms with Crippen molar-refractivity contribution in [1.82, 2.24) is 15.3 Å². The third-order valence-electron chi connectivity index (χ3n) is 3.36. The molecule has 0 unspecified atom stereocenters. The molecule has 2 heterocycles. The molecule has 0 atom stereocenters. The maximum atomic E-state index is 12.1. The number of piperidine rings is 1. The van der Waals surface area contributed by atoms with E-state index in [0.717, 1.165) is 31.6 Å². The number of nitrogens with one attached hydrogen (secondary N) is 1. The molecule has 2 rings (SSSR count). The van der Waals surface area contributed by atoms with Crippen LogP contribution in [0.15, 0.2) is 6.07 Å². The molecular weight excluding hydrogens is 297 g/mol. The van der Waals surface area contributed by atoms with Crippen LogP contribution >= 0.6 is 0 Å². The Kier molecular flexibility index (Phi) is 5.20. The first-order valence-corrected chi connectivity index (χ1v) is 7.26. The predicted molar refractivity (Wildman–Crippen MR) is 75.4 cm³/mol. The van der Waals surface area contributed by atoms with Gasteiger partial charge in [-0.2, -0.15) is 13.2 Å². The molecule has 1 aromatic heterocycles. The summed E-state index contributed by atoms with van der Waals surface area (Å²) < 4.78 is 36.3. The van der Waals surface area contributed by atoms with Crippen molar-refractivity contribution >= 4 is 11.9 Å². The zero-order chi connectivity index (χ0) is 16.2. The summed E-state index contributed by atoms with van der Waals surface area (Å²) in [4.78, 5) is 22.0. The molecule has 0 saturated carbocycles. The number of carbonyl (C=O) groups is 1. The minimum atomic E-state index is -4.50. The van der Waals surface area contributed by atoms with Crippen molar-refractivity contribution in [3.8, 4) is 0 Å². The second-order valence-electron chi connectivity index (χ2n) is 5.42. The number of anilines is 1. The summed E-state index contributed by atoms with van der Waals surface area (Å²) in [5.41, 5.74) is 1.25. The first-order valence-electron chi connectivity index (χ1n) is 7.26. The van der Waals surface area contributed by atoms with Crippen LogP contribution in [0.2, 0.25) is 0 Å². The maximum absolute atomic E-state index is 12.1. The summed E-state index contributed by atoms with van der Waals surface area (Å²) in [6, 6.07) is 1.67. The van der Waals surface area contributed by atoms with Crippen LogP contribution in [-0.2, 0) is 11.3 Å². The number of aromatic nitrogens is 2. The number of amides is 1. The van der Waals surface area contributed by atoms with E-state index in [2.05, 4.69) is 20.2 Å². The maximum Gasteiger partial charge on any atom is 0.397 e. The van der Waals surface area contributed by atoms with Crippen LogP contribution in [0.3, 0.4) is 0 Å². The lowest BCUT2D eigenvalue weighted by molar-refractivity contribution is -0.153. The molecule has 0 aromatic carbocycles. The molecule has 8 heteroatoms. The van der Waals surface area contributed by atoms with E-state index in [-0.39, 0.29) is 6.54 Å². The lowest BCUT2D eigenvalue weighted by Gasteiger charge is -2.27. The average Bonchev–Trinajstić information content (AvgIpc) is 2.44. The molecule has 1 aromatic rings. The molecule has 1 fully saturated rings. The van der Waals surface area contributed by atoms with Gasteiger partial charge >= 0.3 is 6.18 Å². The van der Waals surface area contributed by atoms with Gasteiger partial charge in [0.15, 0.2) is 0 Å². The van der Waals surface area contributed by atoms with Gasteiger partial charge in [0.1, 0.15) is 6.42 Å². The van der Waals surface area contributed by atoms with Crippen molar-refractivity contribution in [1.29, 1.82) is 0 Å². The smallest absolute Gasteiger partial charge is 0.350 e. The second kappa shape index (κ2) is 6.93. The Morgan fingerprint density at radius 2 is 1.95 bits per heavy atom. The van der Waals surface area contributed by atoms with Gasteiger partial charge in [0.05, 0.1) is 12.2 Å². The lowest BCUT2D eigenvalue weighted by Crippen LogP contribution is -2.32.